The molecule has 2 saturated carbocycles. The van der Waals surface area contributed by atoms with Gasteiger partial charge in [-0.15, -0.1) is 0 Å². The molecule has 3 aliphatic rings. The Balaban J connectivity index is 1.23. The van der Waals surface area contributed by atoms with Gasteiger partial charge in [0.15, 0.2) is 5.78 Å². The third-order valence-corrected chi connectivity index (χ3v) is 8.47. The number of rotatable bonds is 9. The van der Waals surface area contributed by atoms with Crippen molar-refractivity contribution in [1.82, 2.24) is 10.2 Å². The molecule has 0 radical (unpaired) electrons. The zero-order valence-corrected chi connectivity index (χ0v) is 18.9. The van der Waals surface area contributed by atoms with Crippen LogP contribution >= 0.6 is 0 Å². The Kier molecular flexibility index (Phi) is 6.52. The van der Waals surface area contributed by atoms with Crippen molar-refractivity contribution in [3.63, 3.8) is 0 Å². The van der Waals surface area contributed by atoms with E-state index >= 15 is 0 Å². The Morgan fingerprint density at radius 2 is 2.07 bits per heavy atom. The lowest BCUT2D eigenvalue weighted by atomic mass is 9.69. The molecule has 0 aromatic heterocycles. The van der Waals surface area contributed by atoms with Crippen molar-refractivity contribution in [1.29, 1.82) is 0 Å². The molecule has 3 fully saturated rings. The average molecular weight is 415 g/mol. The summed E-state index contributed by atoms with van der Waals surface area (Å²) < 4.78 is 11.3. The molecule has 1 N–H and O–H groups in total. The van der Waals surface area contributed by atoms with Crippen LogP contribution in [0.3, 0.4) is 0 Å². The first-order chi connectivity index (χ1) is 14.4. The van der Waals surface area contributed by atoms with Crippen molar-refractivity contribution in [2.24, 2.45) is 16.7 Å². The van der Waals surface area contributed by atoms with Crippen LogP contribution in [0.5, 0.6) is 5.75 Å². The van der Waals surface area contributed by atoms with Crippen LogP contribution in [0.2, 0.25) is 0 Å². The highest BCUT2D eigenvalue weighted by atomic mass is 16.5. The number of morpholine rings is 1. The van der Waals surface area contributed by atoms with Crippen molar-refractivity contribution in [2.75, 3.05) is 46.0 Å². The minimum absolute atomic E-state index is 0.189. The van der Waals surface area contributed by atoms with E-state index in [2.05, 4.69) is 31.0 Å². The first-order valence-electron chi connectivity index (χ1n) is 11.7. The summed E-state index contributed by atoms with van der Waals surface area (Å²) in [6.45, 7) is 13.1. The summed E-state index contributed by atoms with van der Waals surface area (Å²) in [5.74, 6) is 1.79. The first-order valence-corrected chi connectivity index (χ1v) is 11.7. The molecule has 0 amide bonds. The van der Waals surface area contributed by atoms with E-state index in [-0.39, 0.29) is 5.78 Å². The van der Waals surface area contributed by atoms with Gasteiger partial charge in [0.25, 0.3) is 0 Å². The predicted octanol–water partition coefficient (Wildman–Crippen LogP) is 3.77. The lowest BCUT2D eigenvalue weighted by Crippen LogP contribution is -2.45. The van der Waals surface area contributed by atoms with Crippen molar-refractivity contribution in [3.8, 4) is 5.75 Å². The molecule has 2 bridgehead atoms. The number of hydrogen-bond donors (Lipinski definition) is 1. The van der Waals surface area contributed by atoms with Crippen LogP contribution in [0.1, 0.15) is 56.8 Å². The van der Waals surface area contributed by atoms with Crippen LogP contribution < -0.4 is 10.1 Å². The fourth-order valence-electron chi connectivity index (χ4n) is 5.89. The van der Waals surface area contributed by atoms with E-state index in [0.29, 0.717) is 29.9 Å². The molecule has 1 aromatic rings. The maximum atomic E-state index is 12.7. The van der Waals surface area contributed by atoms with E-state index in [0.717, 1.165) is 56.6 Å². The Hall–Kier alpha value is -1.43. The number of nitrogens with one attached hydrogen (secondary N) is 1. The third-order valence-electron chi connectivity index (χ3n) is 8.47. The molecule has 4 rings (SSSR count). The number of hydrogen-bond acceptors (Lipinski definition) is 5. The SMILES string of the molecule is CC1(C)C2CCC1(C)C(NCCC(=O)c1cccc(OCCN3CCOCC3)c1)C2. The summed E-state index contributed by atoms with van der Waals surface area (Å²) >= 11 is 0. The van der Waals surface area contributed by atoms with E-state index in [1.54, 1.807) is 0 Å². The fourth-order valence-corrected chi connectivity index (χ4v) is 5.89. The average Bonchev–Trinajstić information content (AvgIpc) is 3.08. The molecule has 5 nitrogen and oxygen atoms in total. The van der Waals surface area contributed by atoms with Gasteiger partial charge < -0.3 is 14.8 Å². The number of carbonyl (C=O) groups is 1. The van der Waals surface area contributed by atoms with Crippen LogP contribution in [0.15, 0.2) is 24.3 Å². The minimum atomic E-state index is 0.189. The van der Waals surface area contributed by atoms with E-state index < -0.39 is 0 Å². The van der Waals surface area contributed by atoms with E-state index in [4.69, 9.17) is 9.47 Å². The topological polar surface area (TPSA) is 50.8 Å². The Morgan fingerprint density at radius 3 is 2.77 bits per heavy atom. The summed E-state index contributed by atoms with van der Waals surface area (Å²) in [6, 6.07) is 8.19. The van der Waals surface area contributed by atoms with Crippen LogP contribution in [0, 0.1) is 16.7 Å². The molecule has 166 valence electrons. The summed E-state index contributed by atoms with van der Waals surface area (Å²) in [6.07, 6.45) is 4.46. The number of fused-ring (bicyclic) bond motifs is 2. The van der Waals surface area contributed by atoms with Gasteiger partial charge in [-0.3, -0.25) is 9.69 Å². The van der Waals surface area contributed by atoms with Crippen molar-refractivity contribution in [3.05, 3.63) is 29.8 Å². The van der Waals surface area contributed by atoms with Gasteiger partial charge in [0.05, 0.1) is 13.2 Å². The first kappa shape index (κ1) is 21.8. The molecule has 1 aromatic carbocycles. The van der Waals surface area contributed by atoms with E-state index in [9.17, 15) is 4.79 Å². The summed E-state index contributed by atoms with van der Waals surface area (Å²) in [7, 11) is 0. The Morgan fingerprint density at radius 1 is 1.27 bits per heavy atom. The van der Waals surface area contributed by atoms with Crippen molar-refractivity contribution >= 4 is 5.78 Å². The number of carbonyl (C=O) groups excluding carboxylic acids is 1. The molecule has 30 heavy (non-hydrogen) atoms. The summed E-state index contributed by atoms with van der Waals surface area (Å²) in [5.41, 5.74) is 1.51. The van der Waals surface area contributed by atoms with Gasteiger partial charge in [-0.2, -0.15) is 0 Å². The van der Waals surface area contributed by atoms with Crippen LogP contribution in [0.4, 0.5) is 0 Å². The second-order valence-electron chi connectivity index (χ2n) is 10.1. The largest absolute Gasteiger partial charge is 0.492 e. The molecule has 1 aliphatic heterocycles. The van der Waals surface area contributed by atoms with E-state index in [1.165, 1.54) is 19.3 Å². The molecule has 5 heteroatoms. The molecule has 3 unspecified atom stereocenters. The minimum Gasteiger partial charge on any atom is -0.492 e. The number of benzene rings is 1. The van der Waals surface area contributed by atoms with Crippen molar-refractivity contribution in [2.45, 2.75) is 52.5 Å². The quantitative estimate of drug-likeness (QED) is 0.624. The van der Waals surface area contributed by atoms with Crippen LogP contribution in [-0.4, -0.2) is 62.7 Å². The van der Waals surface area contributed by atoms with Gasteiger partial charge in [0.2, 0.25) is 0 Å². The monoisotopic (exact) mass is 414 g/mol. The van der Waals surface area contributed by atoms with Crippen LogP contribution in [-0.2, 0) is 4.74 Å². The highest BCUT2D eigenvalue weighted by Crippen LogP contribution is 2.65. The third kappa shape index (κ3) is 4.30. The van der Waals surface area contributed by atoms with Crippen molar-refractivity contribution < 1.29 is 14.3 Å². The highest BCUT2D eigenvalue weighted by Gasteiger charge is 2.60. The maximum absolute atomic E-state index is 12.7. The molecular formula is C25H38N2O3. The molecule has 2 aliphatic carbocycles. The number of ketones is 1. The van der Waals surface area contributed by atoms with Gasteiger partial charge in [-0.25, -0.2) is 0 Å². The number of ether oxygens (including phenoxy) is 2. The number of nitrogens with zero attached hydrogens (tertiary/aromatic N) is 1. The van der Waals surface area contributed by atoms with Gasteiger partial charge in [0.1, 0.15) is 12.4 Å². The maximum Gasteiger partial charge on any atom is 0.164 e. The summed E-state index contributed by atoms with van der Waals surface area (Å²) in [5, 5.41) is 3.73. The molecule has 1 heterocycles. The molecule has 1 saturated heterocycles. The normalized spacial score (nSPS) is 30.5. The molecular weight excluding hydrogens is 376 g/mol. The predicted molar refractivity (Wildman–Crippen MR) is 119 cm³/mol. The van der Waals surface area contributed by atoms with Gasteiger partial charge in [-0.05, 0) is 48.1 Å². The Bertz CT molecular complexity index is 744. The highest BCUT2D eigenvalue weighted by molar-refractivity contribution is 5.96. The van der Waals surface area contributed by atoms with Gasteiger partial charge in [0, 0.05) is 44.2 Å². The molecule has 0 spiro atoms. The number of Topliss-reactive ketones (excluding diaryl/α,β-unsaturated/α-hetero) is 1. The summed E-state index contributed by atoms with van der Waals surface area (Å²) in [4.78, 5) is 15.1. The second kappa shape index (κ2) is 8.97. The fraction of sp³-hybridized carbons (Fsp3) is 0.720. The van der Waals surface area contributed by atoms with Crippen LogP contribution in [0.25, 0.3) is 0 Å². The lowest BCUT2D eigenvalue weighted by Gasteiger charge is -2.39. The standard InChI is InChI=1S/C25H38N2O3/c1-24(2)20-7-9-25(24,3)23(18-20)26-10-8-22(28)19-5-4-6-21(17-19)30-16-13-27-11-14-29-15-12-27/h4-6,17,20,23,26H,7-16,18H2,1-3H3. The lowest BCUT2D eigenvalue weighted by molar-refractivity contribution is 0.0322. The zero-order chi connectivity index (χ0) is 21.2. The van der Waals surface area contributed by atoms with Gasteiger partial charge >= 0.3 is 0 Å². The smallest absolute Gasteiger partial charge is 0.164 e. The second-order valence-corrected chi connectivity index (χ2v) is 10.1. The Labute approximate surface area is 181 Å². The molecule has 3 atom stereocenters. The van der Waals surface area contributed by atoms with Gasteiger partial charge in [-0.1, -0.05) is 32.9 Å². The van der Waals surface area contributed by atoms with E-state index in [1.807, 2.05) is 24.3 Å². The zero-order valence-electron chi connectivity index (χ0n) is 18.9.